The Hall–Kier alpha value is -0.603. The Labute approximate surface area is 77.3 Å². The Kier molecular flexibility index (Phi) is 3.50. The van der Waals surface area contributed by atoms with Gasteiger partial charge in [0.2, 0.25) is 0 Å². The molecule has 0 bridgehead atoms. The van der Waals surface area contributed by atoms with E-state index >= 15 is 0 Å². The molecule has 0 aromatic heterocycles. The first-order chi connectivity index (χ1) is 5.75. The van der Waals surface area contributed by atoms with Crippen LogP contribution in [0.3, 0.4) is 0 Å². The highest BCUT2D eigenvalue weighted by atomic mass is 28.2. The molecule has 1 rings (SSSR count). The predicted octanol–water partition coefficient (Wildman–Crippen LogP) is 1.14. The molecule has 0 aliphatic heterocycles. The fourth-order valence-corrected chi connectivity index (χ4v) is 1.50. The van der Waals surface area contributed by atoms with Gasteiger partial charge in [0, 0.05) is 6.61 Å². The fourth-order valence-electron chi connectivity index (χ4n) is 1.29. The van der Waals surface area contributed by atoms with Gasteiger partial charge in [0.25, 0.3) is 0 Å². The normalized spacial score (nSPS) is 10.5. The van der Waals surface area contributed by atoms with Gasteiger partial charge < -0.3 is 4.43 Å². The van der Waals surface area contributed by atoms with E-state index in [2.05, 4.69) is 32.0 Å². The van der Waals surface area contributed by atoms with Crippen molar-refractivity contribution in [2.75, 3.05) is 6.61 Å². The van der Waals surface area contributed by atoms with E-state index in [4.69, 9.17) is 4.43 Å². The lowest BCUT2D eigenvalue weighted by molar-refractivity contribution is 0.354. The Morgan fingerprint density at radius 2 is 2.08 bits per heavy atom. The predicted molar refractivity (Wildman–Crippen MR) is 55.5 cm³/mol. The zero-order chi connectivity index (χ0) is 8.97. The van der Waals surface area contributed by atoms with Crippen LogP contribution in [0.15, 0.2) is 18.2 Å². The Bertz CT molecular complexity index is 258. The van der Waals surface area contributed by atoms with Crippen molar-refractivity contribution in [2.45, 2.75) is 20.3 Å². The van der Waals surface area contributed by atoms with Crippen LogP contribution in [-0.4, -0.2) is 17.1 Å². The Morgan fingerprint density at radius 1 is 1.33 bits per heavy atom. The van der Waals surface area contributed by atoms with Crippen LogP contribution in [0.5, 0.6) is 0 Å². The largest absolute Gasteiger partial charge is 0.428 e. The molecular weight excluding hydrogens is 164 g/mol. The van der Waals surface area contributed by atoms with E-state index in [-0.39, 0.29) is 0 Å². The molecule has 1 nitrogen and oxygen atoms in total. The lowest BCUT2D eigenvalue weighted by atomic mass is 10.0. The first kappa shape index (κ1) is 9.48. The van der Waals surface area contributed by atoms with Crippen LogP contribution in [0, 0.1) is 13.8 Å². The molecule has 12 heavy (non-hydrogen) atoms. The molecule has 1 aromatic carbocycles. The van der Waals surface area contributed by atoms with Crippen molar-refractivity contribution >= 4 is 10.5 Å². The summed E-state index contributed by atoms with van der Waals surface area (Å²) in [5.41, 5.74) is 4.21. The monoisotopic (exact) mass is 180 g/mol. The smallest absolute Gasteiger partial charge is 0.145 e. The quantitative estimate of drug-likeness (QED) is 0.634. The van der Waals surface area contributed by atoms with Gasteiger partial charge in [-0.2, -0.15) is 0 Å². The number of hydrogen-bond acceptors (Lipinski definition) is 1. The van der Waals surface area contributed by atoms with Crippen molar-refractivity contribution in [3.8, 4) is 0 Å². The first-order valence-electron chi connectivity index (χ1n) is 4.29. The number of hydrogen-bond donors (Lipinski definition) is 0. The van der Waals surface area contributed by atoms with Crippen LogP contribution < -0.4 is 0 Å². The third kappa shape index (κ3) is 2.19. The molecule has 0 spiro atoms. The molecular formula is C10H16OSi. The summed E-state index contributed by atoms with van der Waals surface area (Å²) in [7, 11) is 0.846. The average Bonchev–Trinajstić information content (AvgIpc) is 2.08. The van der Waals surface area contributed by atoms with Gasteiger partial charge in [-0.3, -0.25) is 0 Å². The van der Waals surface area contributed by atoms with E-state index in [1.807, 2.05) is 0 Å². The van der Waals surface area contributed by atoms with E-state index in [1.165, 1.54) is 16.7 Å². The average molecular weight is 180 g/mol. The van der Waals surface area contributed by atoms with Gasteiger partial charge in [-0.25, -0.2) is 0 Å². The van der Waals surface area contributed by atoms with Crippen molar-refractivity contribution in [1.82, 2.24) is 0 Å². The molecule has 0 amide bonds. The molecule has 0 fully saturated rings. The van der Waals surface area contributed by atoms with Crippen molar-refractivity contribution in [1.29, 1.82) is 0 Å². The summed E-state index contributed by atoms with van der Waals surface area (Å²) in [4.78, 5) is 0. The van der Waals surface area contributed by atoms with Gasteiger partial charge in [0.1, 0.15) is 10.5 Å². The zero-order valence-corrected chi connectivity index (χ0v) is 10.1. The van der Waals surface area contributed by atoms with Gasteiger partial charge in [-0.15, -0.1) is 0 Å². The Balaban J connectivity index is 2.78. The Morgan fingerprint density at radius 3 is 2.75 bits per heavy atom. The van der Waals surface area contributed by atoms with Gasteiger partial charge in [0.15, 0.2) is 0 Å². The minimum Gasteiger partial charge on any atom is -0.428 e. The lowest BCUT2D eigenvalue weighted by Gasteiger charge is -2.07. The van der Waals surface area contributed by atoms with Gasteiger partial charge in [0.05, 0.1) is 0 Å². The van der Waals surface area contributed by atoms with Crippen molar-refractivity contribution in [2.24, 2.45) is 0 Å². The maximum absolute atomic E-state index is 5.18. The van der Waals surface area contributed by atoms with E-state index in [0.717, 1.165) is 23.5 Å². The zero-order valence-electron chi connectivity index (χ0n) is 8.05. The van der Waals surface area contributed by atoms with Crippen LogP contribution in [0.1, 0.15) is 16.7 Å². The van der Waals surface area contributed by atoms with Gasteiger partial charge in [-0.05, 0) is 37.0 Å². The lowest BCUT2D eigenvalue weighted by Crippen LogP contribution is -1.98. The molecule has 0 heterocycles. The van der Waals surface area contributed by atoms with Crippen LogP contribution in [-0.2, 0) is 10.8 Å². The number of rotatable bonds is 3. The standard InChI is InChI=1S/C10H16OSi/c1-8-4-3-5-10(9(8)2)6-7-11-12/h3-5H,6-7H2,1-2,12H3. The second kappa shape index (κ2) is 4.43. The van der Waals surface area contributed by atoms with Crippen molar-refractivity contribution in [3.05, 3.63) is 34.9 Å². The van der Waals surface area contributed by atoms with Crippen molar-refractivity contribution < 1.29 is 4.43 Å². The summed E-state index contributed by atoms with van der Waals surface area (Å²) in [6, 6.07) is 6.45. The maximum atomic E-state index is 5.18. The summed E-state index contributed by atoms with van der Waals surface area (Å²) < 4.78 is 5.18. The molecule has 0 saturated heterocycles. The maximum Gasteiger partial charge on any atom is 0.145 e. The van der Waals surface area contributed by atoms with E-state index < -0.39 is 0 Å². The molecule has 0 saturated carbocycles. The molecule has 0 unspecified atom stereocenters. The third-order valence-corrected chi connectivity index (χ3v) is 2.70. The highest BCUT2D eigenvalue weighted by Gasteiger charge is 1.98. The topological polar surface area (TPSA) is 9.23 Å². The highest BCUT2D eigenvalue weighted by molar-refractivity contribution is 5.97. The van der Waals surface area contributed by atoms with Crippen LogP contribution >= 0.6 is 0 Å². The summed E-state index contributed by atoms with van der Waals surface area (Å²) in [5.74, 6) is 0. The van der Waals surface area contributed by atoms with Gasteiger partial charge >= 0.3 is 0 Å². The molecule has 1 aromatic rings. The highest BCUT2D eigenvalue weighted by Crippen LogP contribution is 2.12. The molecule has 0 aliphatic carbocycles. The molecule has 0 aliphatic rings. The summed E-state index contributed by atoms with van der Waals surface area (Å²) in [5, 5.41) is 0. The molecule has 66 valence electrons. The third-order valence-electron chi connectivity index (χ3n) is 2.29. The minimum atomic E-state index is 0.846. The second-order valence-corrected chi connectivity index (χ2v) is 3.68. The number of benzene rings is 1. The summed E-state index contributed by atoms with van der Waals surface area (Å²) in [6.07, 6.45) is 1.05. The fraction of sp³-hybridized carbons (Fsp3) is 0.400. The second-order valence-electron chi connectivity index (χ2n) is 3.10. The minimum absolute atomic E-state index is 0.846. The van der Waals surface area contributed by atoms with Crippen molar-refractivity contribution in [3.63, 3.8) is 0 Å². The molecule has 0 N–H and O–H groups in total. The summed E-state index contributed by atoms with van der Waals surface area (Å²) in [6.45, 7) is 5.20. The van der Waals surface area contributed by atoms with E-state index in [9.17, 15) is 0 Å². The van der Waals surface area contributed by atoms with Crippen LogP contribution in [0.2, 0.25) is 0 Å². The van der Waals surface area contributed by atoms with E-state index in [0.29, 0.717) is 0 Å². The van der Waals surface area contributed by atoms with Gasteiger partial charge in [-0.1, -0.05) is 18.2 Å². The molecule has 0 radical (unpaired) electrons. The molecule has 0 atom stereocenters. The molecule has 2 heteroatoms. The van der Waals surface area contributed by atoms with Crippen LogP contribution in [0.4, 0.5) is 0 Å². The SMILES string of the molecule is Cc1cccc(CCO[SiH3])c1C. The number of aryl methyl sites for hydroxylation is 1. The first-order valence-corrected chi connectivity index (χ1v) is 5.11. The van der Waals surface area contributed by atoms with E-state index in [1.54, 1.807) is 0 Å². The van der Waals surface area contributed by atoms with Crippen LogP contribution in [0.25, 0.3) is 0 Å². The summed E-state index contributed by atoms with van der Waals surface area (Å²) >= 11 is 0.